The van der Waals surface area contributed by atoms with E-state index in [1.165, 1.54) is 44.9 Å². The highest BCUT2D eigenvalue weighted by Crippen LogP contribution is 2.40. The van der Waals surface area contributed by atoms with Crippen LogP contribution >= 0.6 is 0 Å². The lowest BCUT2D eigenvalue weighted by molar-refractivity contribution is 0.285. The predicted molar refractivity (Wildman–Crippen MR) is 56.8 cm³/mol. The van der Waals surface area contributed by atoms with Gasteiger partial charge in [-0.05, 0) is 31.2 Å². The molecule has 0 aliphatic heterocycles. The monoisotopic (exact) mass is 181 g/mol. The second-order valence-electron chi connectivity index (χ2n) is 4.80. The molecule has 2 unspecified atom stereocenters. The molecule has 0 heterocycles. The first-order valence-electron chi connectivity index (χ1n) is 6.15. The molecule has 2 aliphatic carbocycles. The van der Waals surface area contributed by atoms with Crippen molar-refractivity contribution in [3.63, 3.8) is 0 Å². The van der Waals surface area contributed by atoms with Crippen LogP contribution in [0.15, 0.2) is 0 Å². The van der Waals surface area contributed by atoms with Crippen molar-refractivity contribution in [2.45, 2.75) is 57.9 Å². The molecule has 0 radical (unpaired) electrons. The van der Waals surface area contributed by atoms with E-state index in [2.05, 4.69) is 12.2 Å². The van der Waals surface area contributed by atoms with Crippen LogP contribution in [-0.4, -0.2) is 12.6 Å². The zero-order valence-corrected chi connectivity index (χ0v) is 8.89. The molecule has 2 atom stereocenters. The average Bonchev–Trinajstić information content (AvgIpc) is 2.71. The Morgan fingerprint density at radius 3 is 2.46 bits per heavy atom. The minimum Gasteiger partial charge on any atom is -0.314 e. The summed E-state index contributed by atoms with van der Waals surface area (Å²) in [7, 11) is 0. The predicted octanol–water partition coefficient (Wildman–Crippen LogP) is 2.95. The van der Waals surface area contributed by atoms with Crippen LogP contribution in [0.5, 0.6) is 0 Å². The summed E-state index contributed by atoms with van der Waals surface area (Å²) in [5.74, 6) is 2.11. The molecule has 2 fully saturated rings. The van der Waals surface area contributed by atoms with Crippen LogP contribution in [0.2, 0.25) is 0 Å². The molecule has 0 saturated heterocycles. The van der Waals surface area contributed by atoms with Crippen molar-refractivity contribution in [1.29, 1.82) is 0 Å². The molecule has 13 heavy (non-hydrogen) atoms. The summed E-state index contributed by atoms with van der Waals surface area (Å²) in [6.07, 6.45) is 10.5. The normalized spacial score (nSPS) is 35.8. The van der Waals surface area contributed by atoms with E-state index in [0.717, 1.165) is 24.4 Å². The summed E-state index contributed by atoms with van der Waals surface area (Å²) in [6, 6.07) is 0.869. The summed E-state index contributed by atoms with van der Waals surface area (Å²) in [5, 5.41) is 3.67. The van der Waals surface area contributed by atoms with Crippen LogP contribution in [0.1, 0.15) is 51.9 Å². The van der Waals surface area contributed by atoms with Gasteiger partial charge in [0.1, 0.15) is 0 Å². The van der Waals surface area contributed by atoms with Crippen LogP contribution < -0.4 is 5.32 Å². The summed E-state index contributed by atoms with van der Waals surface area (Å²) < 4.78 is 0. The number of hydrogen-bond donors (Lipinski definition) is 1. The van der Waals surface area contributed by atoms with Crippen LogP contribution in [-0.2, 0) is 0 Å². The van der Waals surface area contributed by atoms with Gasteiger partial charge in [0, 0.05) is 6.04 Å². The Bertz CT molecular complexity index is 149. The SMILES string of the molecule is CCNC1CCCC1C1CCCC1. The van der Waals surface area contributed by atoms with Gasteiger partial charge in [-0.1, -0.05) is 39.0 Å². The first-order chi connectivity index (χ1) is 6.42. The highest BCUT2D eigenvalue weighted by Gasteiger charge is 2.34. The second-order valence-corrected chi connectivity index (χ2v) is 4.80. The average molecular weight is 181 g/mol. The van der Waals surface area contributed by atoms with E-state index in [1.807, 2.05) is 0 Å². The van der Waals surface area contributed by atoms with Gasteiger partial charge in [0.05, 0.1) is 0 Å². The van der Waals surface area contributed by atoms with Crippen LogP contribution in [0.3, 0.4) is 0 Å². The Labute approximate surface area is 82.3 Å². The first-order valence-corrected chi connectivity index (χ1v) is 6.15. The van der Waals surface area contributed by atoms with E-state index in [4.69, 9.17) is 0 Å². The maximum Gasteiger partial charge on any atom is 0.00978 e. The third kappa shape index (κ3) is 2.07. The Morgan fingerprint density at radius 1 is 1.00 bits per heavy atom. The topological polar surface area (TPSA) is 12.0 Å². The van der Waals surface area contributed by atoms with Gasteiger partial charge in [-0.2, -0.15) is 0 Å². The van der Waals surface area contributed by atoms with Crippen molar-refractivity contribution < 1.29 is 0 Å². The lowest BCUT2D eigenvalue weighted by Gasteiger charge is -2.25. The highest BCUT2D eigenvalue weighted by atomic mass is 14.9. The smallest absolute Gasteiger partial charge is 0.00978 e. The molecule has 76 valence electrons. The van der Waals surface area contributed by atoms with Gasteiger partial charge in [0.25, 0.3) is 0 Å². The summed E-state index contributed by atoms with van der Waals surface area (Å²) >= 11 is 0. The Balaban J connectivity index is 1.88. The molecule has 0 aromatic heterocycles. The molecule has 0 bridgehead atoms. The molecule has 0 amide bonds. The van der Waals surface area contributed by atoms with E-state index in [-0.39, 0.29) is 0 Å². The van der Waals surface area contributed by atoms with E-state index < -0.39 is 0 Å². The van der Waals surface area contributed by atoms with Gasteiger partial charge in [0.2, 0.25) is 0 Å². The van der Waals surface area contributed by atoms with Crippen molar-refractivity contribution >= 4 is 0 Å². The molecule has 1 nitrogen and oxygen atoms in total. The largest absolute Gasteiger partial charge is 0.314 e. The van der Waals surface area contributed by atoms with Crippen molar-refractivity contribution in [2.75, 3.05) is 6.54 Å². The third-order valence-corrected chi connectivity index (χ3v) is 4.04. The van der Waals surface area contributed by atoms with Gasteiger partial charge in [-0.15, -0.1) is 0 Å². The zero-order chi connectivity index (χ0) is 9.10. The number of rotatable bonds is 3. The minimum atomic E-state index is 0.869. The van der Waals surface area contributed by atoms with E-state index >= 15 is 0 Å². The molecule has 0 aromatic carbocycles. The molecule has 1 N–H and O–H groups in total. The summed E-state index contributed by atoms with van der Waals surface area (Å²) in [6.45, 7) is 3.40. The zero-order valence-electron chi connectivity index (χ0n) is 8.89. The van der Waals surface area contributed by atoms with Crippen molar-refractivity contribution in [3.05, 3.63) is 0 Å². The minimum absolute atomic E-state index is 0.869. The standard InChI is InChI=1S/C12H23N/c1-2-13-12-9-5-8-11(12)10-6-3-4-7-10/h10-13H,2-9H2,1H3. The molecule has 2 rings (SSSR count). The Hall–Kier alpha value is -0.0400. The van der Waals surface area contributed by atoms with Crippen molar-refractivity contribution in [2.24, 2.45) is 11.8 Å². The molecule has 0 aromatic rings. The molecule has 0 spiro atoms. The molecule has 2 aliphatic rings. The molecular formula is C12H23N. The summed E-state index contributed by atoms with van der Waals surface area (Å²) in [4.78, 5) is 0. The van der Waals surface area contributed by atoms with Crippen molar-refractivity contribution in [3.8, 4) is 0 Å². The molecular weight excluding hydrogens is 158 g/mol. The maximum atomic E-state index is 3.67. The summed E-state index contributed by atoms with van der Waals surface area (Å²) in [5.41, 5.74) is 0. The molecule has 2 saturated carbocycles. The van der Waals surface area contributed by atoms with Crippen LogP contribution in [0.25, 0.3) is 0 Å². The van der Waals surface area contributed by atoms with Crippen LogP contribution in [0, 0.1) is 11.8 Å². The fourth-order valence-corrected chi connectivity index (χ4v) is 3.45. The number of hydrogen-bond acceptors (Lipinski definition) is 1. The fourth-order valence-electron chi connectivity index (χ4n) is 3.45. The van der Waals surface area contributed by atoms with Gasteiger partial charge in [-0.25, -0.2) is 0 Å². The van der Waals surface area contributed by atoms with E-state index in [1.54, 1.807) is 0 Å². The number of nitrogens with one attached hydrogen (secondary N) is 1. The maximum absolute atomic E-state index is 3.67. The lowest BCUT2D eigenvalue weighted by Crippen LogP contribution is -2.35. The first kappa shape index (κ1) is 9.51. The van der Waals surface area contributed by atoms with Gasteiger partial charge in [-0.3, -0.25) is 0 Å². The van der Waals surface area contributed by atoms with Crippen molar-refractivity contribution in [1.82, 2.24) is 5.32 Å². The second kappa shape index (κ2) is 4.45. The van der Waals surface area contributed by atoms with Crippen LogP contribution in [0.4, 0.5) is 0 Å². The van der Waals surface area contributed by atoms with Gasteiger partial charge < -0.3 is 5.32 Å². The molecule has 1 heteroatoms. The lowest BCUT2D eigenvalue weighted by atomic mass is 9.87. The van der Waals surface area contributed by atoms with E-state index in [0.29, 0.717) is 0 Å². The van der Waals surface area contributed by atoms with E-state index in [9.17, 15) is 0 Å². The van der Waals surface area contributed by atoms with Gasteiger partial charge in [0.15, 0.2) is 0 Å². The fraction of sp³-hybridized carbons (Fsp3) is 1.00. The Kier molecular flexibility index (Phi) is 3.26. The highest BCUT2D eigenvalue weighted by molar-refractivity contribution is 4.88. The Morgan fingerprint density at radius 2 is 1.77 bits per heavy atom. The van der Waals surface area contributed by atoms with Gasteiger partial charge >= 0.3 is 0 Å². The quantitative estimate of drug-likeness (QED) is 0.706. The third-order valence-electron chi connectivity index (χ3n) is 4.04.